The number of nitriles is 1. The highest BCUT2D eigenvalue weighted by Gasteiger charge is 2.37. The van der Waals surface area contributed by atoms with Gasteiger partial charge in [-0.25, -0.2) is 68.9 Å². The summed E-state index contributed by atoms with van der Waals surface area (Å²) >= 11 is 0. The van der Waals surface area contributed by atoms with Gasteiger partial charge in [0.1, 0.15) is 46.2 Å². The molecule has 1 atom stereocenters. The van der Waals surface area contributed by atoms with Crippen molar-refractivity contribution in [2.75, 3.05) is 95.0 Å². The second-order valence-electron chi connectivity index (χ2n) is 24.9. The topological polar surface area (TPSA) is 348 Å². The lowest BCUT2D eigenvalue weighted by molar-refractivity contribution is 0.00701. The Hall–Kier alpha value is -7.41. The number of pyridine rings is 2. The Labute approximate surface area is 535 Å². The molecule has 31 heteroatoms. The number of hydrogen-bond donors (Lipinski definition) is 5. The predicted molar refractivity (Wildman–Crippen MR) is 352 cm³/mol. The van der Waals surface area contributed by atoms with Crippen molar-refractivity contribution >= 4 is 93.6 Å². The molecule has 4 aromatic heterocycles. The number of aldehydes is 1. The zero-order valence-electron chi connectivity index (χ0n) is 54.6. The molecular weight excluding hydrogens is 1230 g/mol. The van der Waals surface area contributed by atoms with Gasteiger partial charge >= 0.3 is 12.2 Å². The van der Waals surface area contributed by atoms with Crippen LogP contribution < -0.4 is 35.0 Å². The normalized spacial score (nSPS) is 16.0. The van der Waals surface area contributed by atoms with Gasteiger partial charge in [-0.15, -0.1) is 0 Å². The molecule has 2 aromatic carbocycles. The van der Waals surface area contributed by atoms with Crippen LogP contribution in [-0.4, -0.2) is 208 Å². The Morgan fingerprint density at radius 2 is 1.09 bits per heavy atom. The van der Waals surface area contributed by atoms with Crippen LogP contribution in [-0.2, 0) is 66.5 Å². The van der Waals surface area contributed by atoms with E-state index in [9.17, 15) is 44.9 Å². The van der Waals surface area contributed by atoms with E-state index in [1.165, 1.54) is 11.2 Å². The number of ether oxygens (including phenoxy) is 2. The number of carbonyl (C=O) groups excluding carboxylic acids is 3. The summed E-state index contributed by atoms with van der Waals surface area (Å²) in [4.78, 5) is 60.5. The number of hydrogen-bond acceptors (Lipinski definition) is 21. The smallest absolute Gasteiger partial charge is 0.410 e. The van der Waals surface area contributed by atoms with Gasteiger partial charge in [-0.1, -0.05) is 26.0 Å². The molecule has 0 spiro atoms. The number of imidazole rings is 2. The molecule has 8 heterocycles. The third-order valence-electron chi connectivity index (χ3n) is 14.4. The van der Waals surface area contributed by atoms with E-state index in [-0.39, 0.29) is 30.3 Å². The van der Waals surface area contributed by atoms with Crippen LogP contribution in [0.4, 0.5) is 32.6 Å². The molecule has 28 nitrogen and oxygen atoms in total. The maximum Gasteiger partial charge on any atom is 0.410 e. The lowest BCUT2D eigenvalue weighted by Crippen LogP contribution is -2.61. The van der Waals surface area contributed by atoms with E-state index >= 15 is 0 Å². The summed E-state index contributed by atoms with van der Waals surface area (Å²) in [6, 6.07) is 17.7. The number of likely N-dealkylation sites (tertiary alicyclic amines) is 3. The number of rotatable bonds is 15. The van der Waals surface area contributed by atoms with Gasteiger partial charge in [-0.05, 0) is 95.3 Å². The minimum atomic E-state index is -3.25. The van der Waals surface area contributed by atoms with Crippen molar-refractivity contribution in [3.05, 3.63) is 95.8 Å². The van der Waals surface area contributed by atoms with Crippen molar-refractivity contribution in [2.45, 2.75) is 110 Å². The van der Waals surface area contributed by atoms with Crippen LogP contribution in [0, 0.1) is 11.3 Å². The Morgan fingerprint density at radius 1 is 0.670 bits per heavy atom. The standard InChI is InChI=1S/C22H27N7O2S.C17H18N4O.C9H18N2O4S.C8H16N2O2.C4H10N2O2S/c1-5-15-8-16(21(10-23)29-12-17(13-29)26-32(4,30)31)6-7-19(15)28(3)22-9-20-18(11-24-22)25-14-27(20)2;1-4-13-7-12(10-22)5-6-15(13)21(3)17-8-16-14(9-18-17)19-11-20(16)2;1-9(2,3)15-8(12)11-5-7(6-11)10-16(4,13)14;1-8(2,3)12-7(11)10-4-6(9)5-10;1-9(7,8)6-4-2-5-3-4/h6-9,11,14,17,21,26H,5,12-13H2,1-4H3;5-11H,4H2,1-3H3;7,10H,5-6H2,1-4H3;6H,4-5,9H2,1-3H3;4-6H,2-3H2,1H3. The van der Waals surface area contributed by atoms with Crippen molar-refractivity contribution < 1.29 is 49.1 Å². The molecule has 6 N–H and O–H groups in total. The molecule has 498 valence electrons. The van der Waals surface area contributed by atoms with Crippen molar-refractivity contribution in [1.29, 1.82) is 5.26 Å². The fourth-order valence-electron chi connectivity index (χ4n) is 9.79. The van der Waals surface area contributed by atoms with Gasteiger partial charge in [0.25, 0.3) is 0 Å². The first-order chi connectivity index (χ1) is 42.4. The molecule has 6 aromatic rings. The minimum Gasteiger partial charge on any atom is -0.444 e. The van der Waals surface area contributed by atoms with Crippen molar-refractivity contribution in [3.63, 3.8) is 0 Å². The van der Waals surface area contributed by atoms with Crippen LogP contribution in [0.25, 0.3) is 22.1 Å². The number of fused-ring (bicyclic) bond motifs is 2. The number of nitrogens with two attached hydrogens (primary N) is 1. The zero-order chi connectivity index (χ0) is 67.6. The number of nitrogens with zero attached hydrogens (tertiary/aromatic N) is 12. The minimum absolute atomic E-state index is 0.125. The Kier molecular flexibility index (Phi) is 24.2. The maximum atomic E-state index is 11.5. The summed E-state index contributed by atoms with van der Waals surface area (Å²) in [5, 5.41) is 12.8. The summed E-state index contributed by atoms with van der Waals surface area (Å²) < 4.78 is 87.3. The molecule has 0 saturated carbocycles. The van der Waals surface area contributed by atoms with Crippen molar-refractivity contribution in [1.82, 2.24) is 63.3 Å². The molecule has 10 rings (SSSR count). The van der Waals surface area contributed by atoms with Crippen LogP contribution in [0.1, 0.15) is 88.5 Å². The SMILES string of the molecule is CC(C)(C)OC(=O)N1CC(N)C1.CC(C)(C)OC(=O)N1CC(NS(C)(=O)=O)C1.CCc1cc(C(C#N)N2CC(NS(C)(=O)=O)C2)ccc1N(C)c1cc2c(cn1)ncn2C.CCc1cc(C=O)ccc1N(C)c1cc2c(cn1)ncn2C.CS(=O)(=O)NC1CNC1. The molecule has 0 aliphatic carbocycles. The van der Waals surface area contributed by atoms with Gasteiger partial charge in [-0.3, -0.25) is 9.69 Å². The van der Waals surface area contributed by atoms with Gasteiger partial charge in [-0.2, -0.15) is 5.26 Å². The number of sulfonamides is 3. The molecule has 1 unspecified atom stereocenters. The number of aromatic nitrogens is 6. The number of carbonyl (C=O) groups is 3. The third kappa shape index (κ3) is 21.6. The lowest BCUT2D eigenvalue weighted by Gasteiger charge is -2.41. The highest BCUT2D eigenvalue weighted by molar-refractivity contribution is 7.89. The number of benzene rings is 2. The van der Waals surface area contributed by atoms with Crippen molar-refractivity contribution in [2.24, 2.45) is 19.8 Å². The van der Waals surface area contributed by atoms with Crippen molar-refractivity contribution in [3.8, 4) is 6.07 Å². The van der Waals surface area contributed by atoms with Gasteiger partial charge in [0.05, 0.1) is 67.0 Å². The molecule has 2 amide bonds. The van der Waals surface area contributed by atoms with E-state index in [1.807, 2.05) is 115 Å². The molecule has 4 aliphatic heterocycles. The summed E-state index contributed by atoms with van der Waals surface area (Å²) in [6.07, 6.45) is 12.4. The van der Waals surface area contributed by atoms with Gasteiger partial charge in [0, 0.05) is 128 Å². The Balaban J connectivity index is 0.000000194. The Morgan fingerprint density at radius 3 is 1.46 bits per heavy atom. The van der Waals surface area contributed by atoms with Gasteiger partial charge in [0.2, 0.25) is 30.1 Å². The number of aryl methyl sites for hydroxylation is 4. The average molecular weight is 1320 g/mol. The third-order valence-corrected chi connectivity index (χ3v) is 16.7. The zero-order valence-corrected chi connectivity index (χ0v) is 57.1. The molecule has 4 aliphatic rings. The van der Waals surface area contributed by atoms with E-state index in [0.717, 1.165) is 106 Å². The highest BCUT2D eigenvalue weighted by Crippen LogP contribution is 2.34. The first kappa shape index (κ1) is 72.7. The van der Waals surface area contributed by atoms with Gasteiger partial charge in [0.15, 0.2) is 0 Å². The van der Waals surface area contributed by atoms with E-state index in [1.54, 1.807) is 50.7 Å². The molecule has 0 bridgehead atoms. The maximum absolute atomic E-state index is 11.5. The number of anilines is 4. The summed E-state index contributed by atoms with van der Waals surface area (Å²) in [6.45, 7) is 19.6. The second kappa shape index (κ2) is 30.4. The fourth-order valence-corrected chi connectivity index (χ4v) is 12.1. The largest absolute Gasteiger partial charge is 0.444 e. The molecular formula is C60H89N17O11S3. The lowest BCUT2D eigenvalue weighted by atomic mass is 9.97. The molecule has 4 saturated heterocycles. The van der Waals surface area contributed by atoms with Gasteiger partial charge < -0.3 is 49.3 Å². The fraction of sp³-hybridized carbons (Fsp3) is 0.533. The van der Waals surface area contributed by atoms with Crippen LogP contribution in [0.3, 0.4) is 0 Å². The van der Waals surface area contributed by atoms with E-state index in [0.29, 0.717) is 44.8 Å². The average Bonchev–Trinajstić information content (AvgIpc) is 1.65. The summed E-state index contributed by atoms with van der Waals surface area (Å²) in [5.41, 5.74) is 14.3. The van der Waals surface area contributed by atoms with Crippen LogP contribution in [0.15, 0.2) is 73.6 Å². The van der Waals surface area contributed by atoms with E-state index in [4.69, 9.17) is 15.2 Å². The second-order valence-corrected chi connectivity index (χ2v) is 30.3. The first-order valence-corrected chi connectivity index (χ1v) is 35.2. The van der Waals surface area contributed by atoms with Crippen LogP contribution >= 0.6 is 0 Å². The molecule has 4 fully saturated rings. The highest BCUT2D eigenvalue weighted by atomic mass is 32.2. The predicted octanol–water partition coefficient (Wildman–Crippen LogP) is 4.43. The summed E-state index contributed by atoms with van der Waals surface area (Å²) in [7, 11) is -1.52. The van der Waals surface area contributed by atoms with E-state index < -0.39 is 53.4 Å². The molecule has 91 heavy (non-hydrogen) atoms. The quantitative estimate of drug-likeness (QED) is 0.0887. The number of nitrogens with one attached hydrogen (secondary N) is 4. The van der Waals surface area contributed by atoms with Crippen LogP contribution in [0.5, 0.6) is 0 Å². The summed E-state index contributed by atoms with van der Waals surface area (Å²) in [5.74, 6) is 1.67. The molecule has 0 radical (unpaired) electrons. The number of amides is 2. The van der Waals surface area contributed by atoms with Crippen LogP contribution in [0.2, 0.25) is 0 Å². The first-order valence-electron chi connectivity index (χ1n) is 29.6. The Bertz CT molecular complexity index is 3900. The van der Waals surface area contributed by atoms with E-state index in [2.05, 4.69) is 65.4 Å². The monoisotopic (exact) mass is 1320 g/mol.